The van der Waals surface area contributed by atoms with Crippen molar-refractivity contribution < 1.29 is 4.79 Å². The van der Waals surface area contributed by atoms with E-state index in [-0.39, 0.29) is 11.4 Å². The molecule has 70 valence electrons. The van der Waals surface area contributed by atoms with Crippen molar-refractivity contribution >= 4 is 5.91 Å². The third kappa shape index (κ3) is 1.71. The Kier molecular flexibility index (Phi) is 1.65. The molecule has 0 radical (unpaired) electrons. The molecule has 0 bridgehead atoms. The molecule has 2 rings (SSSR count). The van der Waals surface area contributed by atoms with E-state index >= 15 is 0 Å². The zero-order valence-electron chi connectivity index (χ0n) is 7.85. The van der Waals surface area contributed by atoms with Crippen LogP contribution in [-0.2, 0) is 0 Å². The monoisotopic (exact) mass is 179 g/mol. The van der Waals surface area contributed by atoms with Crippen molar-refractivity contribution in [1.29, 1.82) is 0 Å². The van der Waals surface area contributed by atoms with Crippen LogP contribution in [0.25, 0.3) is 0 Å². The van der Waals surface area contributed by atoms with Gasteiger partial charge in [-0.3, -0.25) is 4.79 Å². The van der Waals surface area contributed by atoms with Crippen LogP contribution in [0.4, 0.5) is 0 Å². The zero-order valence-corrected chi connectivity index (χ0v) is 7.85. The van der Waals surface area contributed by atoms with Crippen molar-refractivity contribution in [2.45, 2.75) is 32.2 Å². The van der Waals surface area contributed by atoms with Gasteiger partial charge in [0.25, 0.3) is 5.91 Å². The van der Waals surface area contributed by atoms with Gasteiger partial charge in [-0.2, -0.15) is 0 Å². The van der Waals surface area contributed by atoms with E-state index in [0.717, 1.165) is 18.7 Å². The first-order chi connectivity index (χ1) is 6.09. The molecule has 1 aliphatic carbocycles. The van der Waals surface area contributed by atoms with E-state index in [9.17, 15) is 4.79 Å². The van der Waals surface area contributed by atoms with E-state index in [0.29, 0.717) is 5.69 Å². The van der Waals surface area contributed by atoms with Gasteiger partial charge in [0, 0.05) is 5.54 Å². The van der Waals surface area contributed by atoms with Crippen molar-refractivity contribution in [3.05, 3.63) is 17.7 Å². The summed E-state index contributed by atoms with van der Waals surface area (Å²) in [5.41, 5.74) is 0.585. The van der Waals surface area contributed by atoms with Crippen LogP contribution in [0.5, 0.6) is 0 Å². The van der Waals surface area contributed by atoms with Gasteiger partial charge < -0.3 is 10.3 Å². The summed E-state index contributed by atoms with van der Waals surface area (Å²) in [6.07, 6.45) is 3.72. The topological polar surface area (TPSA) is 57.8 Å². The molecule has 0 spiro atoms. The summed E-state index contributed by atoms with van der Waals surface area (Å²) in [6, 6.07) is 0. The molecule has 1 saturated carbocycles. The quantitative estimate of drug-likeness (QED) is 0.711. The molecule has 0 saturated heterocycles. The zero-order chi connectivity index (χ0) is 9.47. The molecule has 4 nitrogen and oxygen atoms in total. The van der Waals surface area contributed by atoms with Gasteiger partial charge in [-0.15, -0.1) is 0 Å². The van der Waals surface area contributed by atoms with Crippen LogP contribution >= 0.6 is 0 Å². The largest absolute Gasteiger partial charge is 0.346 e. The third-order valence-electron chi connectivity index (χ3n) is 2.36. The summed E-state index contributed by atoms with van der Waals surface area (Å²) in [7, 11) is 0. The van der Waals surface area contributed by atoms with E-state index in [1.807, 2.05) is 13.8 Å². The Hall–Kier alpha value is -1.32. The van der Waals surface area contributed by atoms with Gasteiger partial charge in [-0.05, 0) is 26.7 Å². The average molecular weight is 179 g/mol. The lowest BCUT2D eigenvalue weighted by Gasteiger charge is -2.09. The summed E-state index contributed by atoms with van der Waals surface area (Å²) >= 11 is 0. The lowest BCUT2D eigenvalue weighted by molar-refractivity contribution is 0.0931. The molecular weight excluding hydrogens is 166 g/mol. The van der Waals surface area contributed by atoms with Gasteiger partial charge in [0.1, 0.15) is 11.5 Å². The van der Waals surface area contributed by atoms with Crippen molar-refractivity contribution in [1.82, 2.24) is 15.3 Å². The first-order valence-corrected chi connectivity index (χ1v) is 4.43. The van der Waals surface area contributed by atoms with Crippen LogP contribution in [-0.4, -0.2) is 21.4 Å². The van der Waals surface area contributed by atoms with Crippen molar-refractivity contribution in [3.63, 3.8) is 0 Å². The van der Waals surface area contributed by atoms with Crippen LogP contribution in [0.15, 0.2) is 6.20 Å². The van der Waals surface area contributed by atoms with Crippen molar-refractivity contribution in [2.75, 3.05) is 0 Å². The maximum absolute atomic E-state index is 11.5. The fourth-order valence-electron chi connectivity index (χ4n) is 1.19. The number of aryl methyl sites for hydroxylation is 1. The number of aromatic amines is 1. The summed E-state index contributed by atoms with van der Waals surface area (Å²) in [5.74, 6) is 0.715. The number of amides is 1. The number of H-pyrrole nitrogens is 1. The Labute approximate surface area is 76.8 Å². The molecule has 1 heterocycles. The molecular formula is C9H13N3O. The second-order valence-corrected chi connectivity index (χ2v) is 3.90. The summed E-state index contributed by atoms with van der Waals surface area (Å²) in [4.78, 5) is 18.4. The molecule has 1 aliphatic rings. The number of hydrogen-bond donors (Lipinski definition) is 2. The second kappa shape index (κ2) is 2.58. The van der Waals surface area contributed by atoms with E-state index in [1.165, 1.54) is 0 Å². The molecule has 13 heavy (non-hydrogen) atoms. The maximum Gasteiger partial charge on any atom is 0.269 e. The fourth-order valence-corrected chi connectivity index (χ4v) is 1.19. The molecule has 1 amide bonds. The molecule has 1 aromatic heterocycles. The predicted octanol–water partition coefficient (Wildman–Crippen LogP) is 1.00. The minimum atomic E-state index is -0.0550. The molecule has 0 atom stereocenters. The molecule has 0 aliphatic heterocycles. The third-order valence-corrected chi connectivity index (χ3v) is 2.36. The van der Waals surface area contributed by atoms with Crippen molar-refractivity contribution in [3.8, 4) is 0 Å². The smallest absolute Gasteiger partial charge is 0.269 e. The van der Waals surface area contributed by atoms with Gasteiger partial charge in [0.2, 0.25) is 0 Å². The number of imidazole rings is 1. The predicted molar refractivity (Wildman–Crippen MR) is 48.4 cm³/mol. The lowest BCUT2D eigenvalue weighted by Crippen LogP contribution is -2.34. The van der Waals surface area contributed by atoms with E-state index in [1.54, 1.807) is 6.20 Å². The highest BCUT2D eigenvalue weighted by Gasteiger charge is 2.39. The second-order valence-electron chi connectivity index (χ2n) is 3.90. The number of nitrogens with zero attached hydrogens (tertiary/aromatic N) is 1. The van der Waals surface area contributed by atoms with E-state index in [4.69, 9.17) is 0 Å². The Bertz CT molecular complexity index is 338. The highest BCUT2D eigenvalue weighted by atomic mass is 16.2. The highest BCUT2D eigenvalue weighted by Crippen LogP contribution is 2.34. The number of rotatable bonds is 2. The molecule has 1 aromatic rings. The number of nitrogens with one attached hydrogen (secondary N) is 2. The molecule has 1 fully saturated rings. The Morgan fingerprint density at radius 3 is 2.85 bits per heavy atom. The fraction of sp³-hybridized carbons (Fsp3) is 0.556. The van der Waals surface area contributed by atoms with E-state index in [2.05, 4.69) is 15.3 Å². The van der Waals surface area contributed by atoms with Gasteiger partial charge in [0.05, 0.1) is 6.20 Å². The maximum atomic E-state index is 11.5. The van der Waals surface area contributed by atoms with Crippen molar-refractivity contribution in [2.24, 2.45) is 0 Å². The van der Waals surface area contributed by atoms with Gasteiger partial charge >= 0.3 is 0 Å². The minimum Gasteiger partial charge on any atom is -0.346 e. The Balaban J connectivity index is 2.05. The van der Waals surface area contributed by atoms with Crippen LogP contribution in [0.2, 0.25) is 0 Å². The standard InChI is InChI=1S/C9H13N3O/c1-6-10-5-7(11-6)8(13)12-9(2)3-4-9/h5H,3-4H2,1-2H3,(H,10,11)(H,12,13). The van der Waals surface area contributed by atoms with Crippen LogP contribution in [0.1, 0.15) is 36.1 Å². The van der Waals surface area contributed by atoms with Gasteiger partial charge in [-0.1, -0.05) is 0 Å². The summed E-state index contributed by atoms with van der Waals surface area (Å²) in [5, 5.41) is 2.95. The Morgan fingerprint density at radius 1 is 1.69 bits per heavy atom. The van der Waals surface area contributed by atoms with Crippen LogP contribution < -0.4 is 5.32 Å². The minimum absolute atomic E-state index is 0.0378. The molecule has 0 unspecified atom stereocenters. The van der Waals surface area contributed by atoms with Gasteiger partial charge in [-0.25, -0.2) is 4.98 Å². The SMILES string of the molecule is Cc1ncc(C(=O)NC2(C)CC2)[nH]1. The number of carbonyl (C=O) groups excluding carboxylic acids is 1. The van der Waals surface area contributed by atoms with Crippen LogP contribution in [0, 0.1) is 6.92 Å². The van der Waals surface area contributed by atoms with Gasteiger partial charge in [0.15, 0.2) is 0 Å². The first kappa shape index (κ1) is 8.29. The summed E-state index contributed by atoms with van der Waals surface area (Å²) < 4.78 is 0. The highest BCUT2D eigenvalue weighted by molar-refractivity contribution is 5.92. The molecule has 2 N–H and O–H groups in total. The average Bonchev–Trinajstić information content (AvgIpc) is 2.62. The molecule has 0 aromatic carbocycles. The number of aromatic nitrogens is 2. The number of carbonyl (C=O) groups is 1. The number of hydrogen-bond acceptors (Lipinski definition) is 2. The molecule has 4 heteroatoms. The van der Waals surface area contributed by atoms with E-state index < -0.39 is 0 Å². The first-order valence-electron chi connectivity index (χ1n) is 4.43. The Morgan fingerprint density at radius 2 is 2.38 bits per heavy atom. The lowest BCUT2D eigenvalue weighted by atomic mass is 10.3. The van der Waals surface area contributed by atoms with Crippen LogP contribution in [0.3, 0.4) is 0 Å². The summed E-state index contributed by atoms with van der Waals surface area (Å²) in [6.45, 7) is 3.88. The normalized spacial score (nSPS) is 18.3.